The summed E-state index contributed by atoms with van der Waals surface area (Å²) < 4.78 is 5.55. The molecule has 1 aromatic rings. The normalized spacial score (nSPS) is 27.7. The van der Waals surface area contributed by atoms with Crippen LogP contribution in [0.15, 0.2) is 18.2 Å². The third kappa shape index (κ3) is 3.49. The number of nitrogens with one attached hydrogen (secondary N) is 2. The van der Waals surface area contributed by atoms with Gasteiger partial charge in [0.15, 0.2) is 0 Å². The molecule has 4 rings (SSSR count). The minimum atomic E-state index is -0.338. The summed E-state index contributed by atoms with van der Waals surface area (Å²) in [4.78, 5) is 39.2. The summed E-state index contributed by atoms with van der Waals surface area (Å²) in [6.45, 7) is 4.81. The average molecular weight is 371 g/mol. The Kier molecular flexibility index (Phi) is 4.97. The number of carbonyl (C=O) groups is 3. The lowest BCUT2D eigenvalue weighted by Crippen LogP contribution is -2.48. The van der Waals surface area contributed by atoms with E-state index in [1.807, 2.05) is 0 Å². The van der Waals surface area contributed by atoms with Gasteiger partial charge in [-0.3, -0.25) is 19.3 Å². The molecular weight excluding hydrogens is 346 g/mol. The van der Waals surface area contributed by atoms with Gasteiger partial charge in [-0.25, -0.2) is 0 Å². The Labute approximate surface area is 158 Å². The van der Waals surface area contributed by atoms with Crippen molar-refractivity contribution in [1.82, 2.24) is 15.5 Å². The Hall–Kier alpha value is -2.25. The van der Waals surface area contributed by atoms with Crippen LogP contribution >= 0.6 is 0 Å². The molecule has 2 fully saturated rings. The zero-order valence-electron chi connectivity index (χ0n) is 15.5. The van der Waals surface area contributed by atoms with Crippen molar-refractivity contribution in [3.8, 4) is 0 Å². The molecule has 0 bridgehead atoms. The average Bonchev–Trinajstić information content (AvgIpc) is 3.26. The first-order valence-electron chi connectivity index (χ1n) is 9.68. The molecule has 3 aliphatic heterocycles. The standard InChI is InChI=1S/C20H25N3O4/c1-12-10-21-7-6-17(12)22-18(24)13-4-5-15-16(9-13)20(26)23(19(15)25)11-14-3-2-8-27-14/h4-5,9,12,14,17,21H,2-3,6-8,10-11H2,1H3,(H,22,24). The van der Waals surface area contributed by atoms with E-state index in [9.17, 15) is 14.4 Å². The largest absolute Gasteiger partial charge is 0.376 e. The smallest absolute Gasteiger partial charge is 0.261 e. The fourth-order valence-corrected chi connectivity index (χ4v) is 4.07. The highest BCUT2D eigenvalue weighted by atomic mass is 16.5. The number of hydrogen-bond acceptors (Lipinski definition) is 5. The number of piperidine rings is 1. The maximum Gasteiger partial charge on any atom is 0.261 e. The lowest BCUT2D eigenvalue weighted by atomic mass is 9.95. The van der Waals surface area contributed by atoms with Crippen molar-refractivity contribution < 1.29 is 19.1 Å². The summed E-state index contributed by atoms with van der Waals surface area (Å²) in [5.74, 6) is -0.489. The number of fused-ring (bicyclic) bond motifs is 1. The molecule has 3 aliphatic rings. The van der Waals surface area contributed by atoms with Crippen LogP contribution in [-0.4, -0.2) is 61.0 Å². The summed E-state index contributed by atoms with van der Waals surface area (Å²) in [5.41, 5.74) is 1.09. The molecule has 144 valence electrons. The molecule has 1 aromatic carbocycles. The van der Waals surface area contributed by atoms with Gasteiger partial charge in [-0.05, 0) is 56.5 Å². The number of nitrogens with zero attached hydrogens (tertiary/aromatic N) is 1. The number of benzene rings is 1. The van der Waals surface area contributed by atoms with Crippen LogP contribution in [0.25, 0.3) is 0 Å². The van der Waals surface area contributed by atoms with Gasteiger partial charge in [0.2, 0.25) is 0 Å². The van der Waals surface area contributed by atoms with E-state index in [1.54, 1.807) is 18.2 Å². The SMILES string of the molecule is CC1CNCCC1NC(=O)c1ccc2c(c1)C(=O)N(CC1CCCO1)C2=O. The van der Waals surface area contributed by atoms with E-state index in [0.29, 0.717) is 29.2 Å². The van der Waals surface area contributed by atoms with Gasteiger partial charge in [0.05, 0.1) is 23.8 Å². The van der Waals surface area contributed by atoms with E-state index in [2.05, 4.69) is 17.6 Å². The summed E-state index contributed by atoms with van der Waals surface area (Å²) in [6.07, 6.45) is 2.60. The first kappa shape index (κ1) is 18.1. The first-order chi connectivity index (χ1) is 13.0. The van der Waals surface area contributed by atoms with Gasteiger partial charge in [-0.1, -0.05) is 6.92 Å². The van der Waals surface area contributed by atoms with Gasteiger partial charge in [0.25, 0.3) is 17.7 Å². The predicted molar refractivity (Wildman–Crippen MR) is 98.7 cm³/mol. The van der Waals surface area contributed by atoms with E-state index >= 15 is 0 Å². The minimum absolute atomic E-state index is 0.0867. The molecule has 3 heterocycles. The van der Waals surface area contributed by atoms with Gasteiger partial charge in [0, 0.05) is 18.2 Å². The van der Waals surface area contributed by atoms with Crippen LogP contribution in [0.1, 0.15) is 57.3 Å². The van der Waals surface area contributed by atoms with Crippen LogP contribution < -0.4 is 10.6 Å². The summed E-state index contributed by atoms with van der Waals surface area (Å²) in [6, 6.07) is 4.87. The lowest BCUT2D eigenvalue weighted by molar-refractivity contribution is 0.0475. The highest BCUT2D eigenvalue weighted by molar-refractivity contribution is 6.22. The monoisotopic (exact) mass is 371 g/mol. The highest BCUT2D eigenvalue weighted by Crippen LogP contribution is 2.26. The number of amides is 3. The Morgan fingerprint density at radius 2 is 2.07 bits per heavy atom. The van der Waals surface area contributed by atoms with Gasteiger partial charge < -0.3 is 15.4 Å². The van der Waals surface area contributed by atoms with Crippen LogP contribution in [0.4, 0.5) is 0 Å². The van der Waals surface area contributed by atoms with Gasteiger partial charge in [0.1, 0.15) is 0 Å². The zero-order valence-corrected chi connectivity index (χ0v) is 15.5. The molecule has 27 heavy (non-hydrogen) atoms. The summed E-state index contributed by atoms with van der Waals surface area (Å²) in [7, 11) is 0. The van der Waals surface area contributed by atoms with Gasteiger partial charge in [-0.2, -0.15) is 0 Å². The second-order valence-electron chi connectivity index (χ2n) is 7.67. The first-order valence-corrected chi connectivity index (χ1v) is 9.68. The maximum absolute atomic E-state index is 12.7. The number of ether oxygens (including phenoxy) is 1. The van der Waals surface area contributed by atoms with Crippen molar-refractivity contribution in [2.24, 2.45) is 5.92 Å². The maximum atomic E-state index is 12.7. The fraction of sp³-hybridized carbons (Fsp3) is 0.550. The molecular formula is C20H25N3O4. The zero-order chi connectivity index (χ0) is 19.0. The Morgan fingerprint density at radius 3 is 2.81 bits per heavy atom. The number of carbonyl (C=O) groups excluding carboxylic acids is 3. The number of hydrogen-bond donors (Lipinski definition) is 2. The van der Waals surface area contributed by atoms with E-state index in [-0.39, 0.29) is 36.4 Å². The number of imide groups is 1. The van der Waals surface area contributed by atoms with Crippen LogP contribution in [0, 0.1) is 5.92 Å². The van der Waals surface area contributed by atoms with Crippen molar-refractivity contribution >= 4 is 17.7 Å². The molecule has 2 saturated heterocycles. The van der Waals surface area contributed by atoms with Crippen molar-refractivity contribution in [3.63, 3.8) is 0 Å². The third-order valence-corrected chi connectivity index (χ3v) is 5.74. The Balaban J connectivity index is 1.49. The molecule has 0 spiro atoms. The van der Waals surface area contributed by atoms with Crippen LogP contribution in [0.3, 0.4) is 0 Å². The molecule has 3 amide bonds. The van der Waals surface area contributed by atoms with Crippen molar-refractivity contribution in [2.75, 3.05) is 26.2 Å². The molecule has 0 aromatic heterocycles. The van der Waals surface area contributed by atoms with Crippen molar-refractivity contribution in [3.05, 3.63) is 34.9 Å². The van der Waals surface area contributed by atoms with Gasteiger partial charge in [-0.15, -0.1) is 0 Å². The molecule has 0 aliphatic carbocycles. The lowest BCUT2D eigenvalue weighted by Gasteiger charge is -2.30. The van der Waals surface area contributed by atoms with Crippen LogP contribution in [-0.2, 0) is 4.74 Å². The predicted octanol–water partition coefficient (Wildman–Crippen LogP) is 1.19. The third-order valence-electron chi connectivity index (χ3n) is 5.74. The van der Waals surface area contributed by atoms with Crippen molar-refractivity contribution in [1.29, 1.82) is 0 Å². The molecule has 3 unspecified atom stereocenters. The Morgan fingerprint density at radius 1 is 1.26 bits per heavy atom. The minimum Gasteiger partial charge on any atom is -0.376 e. The van der Waals surface area contributed by atoms with Gasteiger partial charge >= 0.3 is 0 Å². The summed E-state index contributed by atoms with van der Waals surface area (Å²) in [5, 5.41) is 6.37. The van der Waals surface area contributed by atoms with E-state index < -0.39 is 0 Å². The van der Waals surface area contributed by atoms with E-state index in [4.69, 9.17) is 4.74 Å². The van der Waals surface area contributed by atoms with Crippen molar-refractivity contribution in [2.45, 2.75) is 38.3 Å². The molecule has 7 nitrogen and oxygen atoms in total. The molecule has 3 atom stereocenters. The second-order valence-corrected chi connectivity index (χ2v) is 7.67. The summed E-state index contributed by atoms with van der Waals surface area (Å²) >= 11 is 0. The fourth-order valence-electron chi connectivity index (χ4n) is 4.07. The van der Waals surface area contributed by atoms with E-state index in [1.165, 1.54) is 4.90 Å². The molecule has 7 heteroatoms. The Bertz CT molecular complexity index is 772. The molecule has 0 saturated carbocycles. The van der Waals surface area contributed by atoms with Crippen LogP contribution in [0.5, 0.6) is 0 Å². The van der Waals surface area contributed by atoms with Crippen LogP contribution in [0.2, 0.25) is 0 Å². The second kappa shape index (κ2) is 7.40. The topological polar surface area (TPSA) is 87.7 Å². The molecule has 2 N–H and O–H groups in total. The highest BCUT2D eigenvalue weighted by Gasteiger charge is 2.38. The quantitative estimate of drug-likeness (QED) is 0.777. The number of rotatable bonds is 4. The van der Waals surface area contributed by atoms with E-state index in [0.717, 1.165) is 32.4 Å². The molecule has 0 radical (unpaired) electrons.